The number of aliphatic hydroxyl groups is 1. The van der Waals surface area contributed by atoms with Crippen LogP contribution in [0.15, 0.2) is 18.2 Å². The number of pyridine rings is 1. The molecule has 0 aromatic carbocycles. The second-order valence-corrected chi connectivity index (χ2v) is 4.68. The average molecular weight is 256 g/mol. The number of nitrogens with zero attached hydrogens (tertiary/aromatic N) is 1. The highest BCUT2D eigenvalue weighted by molar-refractivity contribution is 7.99. The summed E-state index contributed by atoms with van der Waals surface area (Å²) in [5.41, 5.74) is 0.00639. The number of hydrogen-bond donors (Lipinski definition) is 3. The molecule has 1 rings (SSSR count). The molecule has 2 unspecified atom stereocenters. The molecule has 17 heavy (non-hydrogen) atoms. The van der Waals surface area contributed by atoms with Crippen LogP contribution in [0.5, 0.6) is 0 Å². The number of aliphatic hydroxyl groups excluding tert-OH is 1. The molecule has 0 radical (unpaired) electrons. The lowest BCUT2D eigenvalue weighted by Crippen LogP contribution is -2.31. The smallest absolute Gasteiger partial charge is 0.354 e. The van der Waals surface area contributed by atoms with Gasteiger partial charge in [0.2, 0.25) is 0 Å². The molecule has 0 amide bonds. The predicted molar refractivity (Wildman–Crippen MR) is 68.7 cm³/mol. The Bertz CT molecular complexity index is 383. The molecule has 0 saturated heterocycles. The highest BCUT2D eigenvalue weighted by Gasteiger charge is 2.15. The Labute approximate surface area is 104 Å². The Morgan fingerprint density at radius 2 is 2.29 bits per heavy atom. The van der Waals surface area contributed by atoms with Gasteiger partial charge in [0.15, 0.2) is 5.69 Å². The molecule has 0 bridgehead atoms. The average Bonchev–Trinajstić information content (AvgIpc) is 2.30. The Balaban J connectivity index is 2.74. The fourth-order valence-electron chi connectivity index (χ4n) is 1.40. The van der Waals surface area contributed by atoms with Crippen LogP contribution in [0.3, 0.4) is 0 Å². The number of carbonyl (C=O) groups is 1. The summed E-state index contributed by atoms with van der Waals surface area (Å²) in [5.74, 6) is -0.547. The summed E-state index contributed by atoms with van der Waals surface area (Å²) in [6, 6.07) is 4.79. The van der Waals surface area contributed by atoms with Crippen molar-refractivity contribution in [3.8, 4) is 0 Å². The summed E-state index contributed by atoms with van der Waals surface area (Å²) >= 11 is 1.55. The standard InChI is InChI=1S/C11H16N2O3S/c1-7(9(6-14)17-2)12-10-5-3-4-8(13-10)11(15)16/h3-5,7,9,14H,6H2,1-2H3,(H,12,13)(H,15,16). The van der Waals surface area contributed by atoms with Crippen molar-refractivity contribution in [2.24, 2.45) is 0 Å². The molecular weight excluding hydrogens is 240 g/mol. The lowest BCUT2D eigenvalue weighted by atomic mass is 10.2. The Hall–Kier alpha value is -1.27. The number of thioether (sulfide) groups is 1. The van der Waals surface area contributed by atoms with Gasteiger partial charge in [0.05, 0.1) is 6.61 Å². The minimum Gasteiger partial charge on any atom is -0.477 e. The molecule has 6 heteroatoms. The highest BCUT2D eigenvalue weighted by atomic mass is 32.2. The van der Waals surface area contributed by atoms with E-state index in [1.54, 1.807) is 23.9 Å². The molecule has 0 spiro atoms. The van der Waals surface area contributed by atoms with Gasteiger partial charge >= 0.3 is 5.97 Å². The van der Waals surface area contributed by atoms with Crippen LogP contribution >= 0.6 is 11.8 Å². The van der Waals surface area contributed by atoms with E-state index in [2.05, 4.69) is 10.3 Å². The maximum absolute atomic E-state index is 10.8. The van der Waals surface area contributed by atoms with Gasteiger partial charge in [-0.3, -0.25) is 0 Å². The second-order valence-electron chi connectivity index (χ2n) is 3.60. The van der Waals surface area contributed by atoms with E-state index < -0.39 is 5.97 Å². The van der Waals surface area contributed by atoms with Gasteiger partial charge in [-0.2, -0.15) is 11.8 Å². The lowest BCUT2D eigenvalue weighted by molar-refractivity contribution is 0.0690. The lowest BCUT2D eigenvalue weighted by Gasteiger charge is -2.21. The van der Waals surface area contributed by atoms with E-state index in [4.69, 9.17) is 10.2 Å². The van der Waals surface area contributed by atoms with Gasteiger partial charge in [0, 0.05) is 11.3 Å². The van der Waals surface area contributed by atoms with Crippen molar-refractivity contribution in [2.75, 3.05) is 18.2 Å². The number of aromatic nitrogens is 1. The molecule has 5 nitrogen and oxygen atoms in total. The zero-order valence-electron chi connectivity index (χ0n) is 9.75. The molecule has 94 valence electrons. The number of nitrogens with one attached hydrogen (secondary N) is 1. The zero-order valence-corrected chi connectivity index (χ0v) is 10.6. The van der Waals surface area contributed by atoms with Crippen molar-refractivity contribution in [1.29, 1.82) is 0 Å². The largest absolute Gasteiger partial charge is 0.477 e. The van der Waals surface area contributed by atoms with Crippen LogP contribution in [0, 0.1) is 0 Å². The van der Waals surface area contributed by atoms with Gasteiger partial charge in [-0.25, -0.2) is 9.78 Å². The van der Waals surface area contributed by atoms with Crippen molar-refractivity contribution >= 4 is 23.5 Å². The van der Waals surface area contributed by atoms with Crippen molar-refractivity contribution < 1.29 is 15.0 Å². The van der Waals surface area contributed by atoms with E-state index in [1.165, 1.54) is 6.07 Å². The number of rotatable bonds is 6. The van der Waals surface area contributed by atoms with E-state index >= 15 is 0 Å². The molecule has 3 N–H and O–H groups in total. The molecule has 0 aliphatic rings. The SMILES string of the molecule is CSC(CO)C(C)Nc1cccc(C(=O)O)n1. The fourth-order valence-corrected chi connectivity index (χ4v) is 2.02. The Morgan fingerprint density at radius 3 is 2.82 bits per heavy atom. The number of aromatic carboxylic acids is 1. The third-order valence-corrected chi connectivity index (χ3v) is 3.55. The van der Waals surface area contributed by atoms with Crippen LogP contribution < -0.4 is 5.32 Å². The van der Waals surface area contributed by atoms with E-state index in [9.17, 15) is 4.79 Å². The first kappa shape index (κ1) is 13.8. The summed E-state index contributed by atoms with van der Waals surface area (Å²) < 4.78 is 0. The van der Waals surface area contributed by atoms with Crippen molar-refractivity contribution in [3.05, 3.63) is 23.9 Å². The first-order valence-corrected chi connectivity index (χ1v) is 6.47. The summed E-state index contributed by atoms with van der Waals surface area (Å²) in [7, 11) is 0. The zero-order chi connectivity index (χ0) is 12.8. The molecule has 1 heterocycles. The van der Waals surface area contributed by atoms with Crippen molar-refractivity contribution in [2.45, 2.75) is 18.2 Å². The van der Waals surface area contributed by atoms with Crippen LogP contribution in [0.2, 0.25) is 0 Å². The molecule has 1 aromatic rings. The second kappa shape index (κ2) is 6.46. The number of anilines is 1. The van der Waals surface area contributed by atoms with E-state index in [0.29, 0.717) is 5.82 Å². The van der Waals surface area contributed by atoms with Gasteiger partial charge in [-0.15, -0.1) is 0 Å². The fraction of sp³-hybridized carbons (Fsp3) is 0.455. The highest BCUT2D eigenvalue weighted by Crippen LogP contribution is 2.15. The topological polar surface area (TPSA) is 82.5 Å². The molecule has 2 atom stereocenters. The molecular formula is C11H16N2O3S. The molecule has 0 fully saturated rings. The predicted octanol–water partition coefficient (Wildman–Crippen LogP) is 1.30. The minimum atomic E-state index is -1.05. The van der Waals surface area contributed by atoms with Crippen LogP contribution in [0.25, 0.3) is 0 Å². The van der Waals surface area contributed by atoms with Gasteiger partial charge in [0.1, 0.15) is 5.82 Å². The van der Waals surface area contributed by atoms with Crippen molar-refractivity contribution in [1.82, 2.24) is 4.98 Å². The number of hydrogen-bond acceptors (Lipinski definition) is 5. The maximum atomic E-state index is 10.8. The van der Waals surface area contributed by atoms with Gasteiger partial charge in [-0.1, -0.05) is 6.07 Å². The van der Waals surface area contributed by atoms with E-state index in [-0.39, 0.29) is 23.6 Å². The summed E-state index contributed by atoms with van der Waals surface area (Å²) in [4.78, 5) is 14.7. The normalized spacial score (nSPS) is 14.1. The first-order valence-electron chi connectivity index (χ1n) is 5.19. The van der Waals surface area contributed by atoms with Gasteiger partial charge < -0.3 is 15.5 Å². The summed E-state index contributed by atoms with van der Waals surface area (Å²) in [6.45, 7) is 1.99. The van der Waals surface area contributed by atoms with Crippen LogP contribution in [0.1, 0.15) is 17.4 Å². The van der Waals surface area contributed by atoms with Crippen molar-refractivity contribution in [3.63, 3.8) is 0 Å². The Morgan fingerprint density at radius 1 is 1.59 bits per heavy atom. The van der Waals surface area contributed by atoms with E-state index in [0.717, 1.165) is 0 Å². The molecule has 0 aliphatic carbocycles. The molecule has 0 saturated carbocycles. The van der Waals surface area contributed by atoms with Crippen LogP contribution in [0.4, 0.5) is 5.82 Å². The number of carboxylic acid groups (broad SMARTS) is 1. The maximum Gasteiger partial charge on any atom is 0.354 e. The minimum absolute atomic E-state index is 0.00606. The number of carboxylic acids is 1. The Kier molecular flexibility index (Phi) is 5.24. The van der Waals surface area contributed by atoms with Gasteiger partial charge in [-0.05, 0) is 25.3 Å². The van der Waals surface area contributed by atoms with E-state index in [1.807, 2.05) is 13.2 Å². The summed E-state index contributed by atoms with van der Waals surface area (Å²) in [6.07, 6.45) is 1.92. The third kappa shape index (κ3) is 3.90. The van der Waals surface area contributed by atoms with Crippen LogP contribution in [-0.4, -0.2) is 45.3 Å². The summed E-state index contributed by atoms with van der Waals surface area (Å²) in [5, 5.41) is 21.1. The first-order chi connectivity index (χ1) is 8.08. The molecule has 0 aliphatic heterocycles. The van der Waals surface area contributed by atoms with Gasteiger partial charge in [0.25, 0.3) is 0 Å². The van der Waals surface area contributed by atoms with Crippen LogP contribution in [-0.2, 0) is 0 Å². The quantitative estimate of drug-likeness (QED) is 0.711. The monoisotopic (exact) mass is 256 g/mol. The molecule has 1 aromatic heterocycles. The third-order valence-electron chi connectivity index (χ3n) is 2.38.